The van der Waals surface area contributed by atoms with E-state index in [4.69, 9.17) is 0 Å². The van der Waals surface area contributed by atoms with Crippen LogP contribution in [0.5, 0.6) is 0 Å². The van der Waals surface area contributed by atoms with Crippen molar-refractivity contribution in [1.82, 2.24) is 0 Å². The molecule has 0 saturated heterocycles. The summed E-state index contributed by atoms with van der Waals surface area (Å²) in [5.74, 6) is 0.678. The fraction of sp³-hybridized carbons (Fsp3) is 0.750. The van der Waals surface area contributed by atoms with Crippen molar-refractivity contribution in [1.29, 1.82) is 0 Å². The molecule has 0 rings (SSSR count). The molecule has 76 valence electrons. The highest BCUT2D eigenvalue weighted by Gasteiger charge is 2.09. The summed E-state index contributed by atoms with van der Waals surface area (Å²) in [6, 6.07) is 0. The van der Waals surface area contributed by atoms with Crippen LogP contribution in [0.1, 0.15) is 52.4 Å². The fourth-order valence-corrected chi connectivity index (χ4v) is 1.43. The summed E-state index contributed by atoms with van der Waals surface area (Å²) in [5, 5.41) is 0. The number of carbonyl (C=O) groups excluding carboxylic acids is 1. The molecule has 0 aromatic rings. The second-order valence-corrected chi connectivity index (χ2v) is 3.65. The van der Waals surface area contributed by atoms with Gasteiger partial charge >= 0.3 is 0 Å². The number of ketones is 1. The van der Waals surface area contributed by atoms with Gasteiger partial charge in [0.2, 0.25) is 0 Å². The van der Waals surface area contributed by atoms with Gasteiger partial charge in [-0.05, 0) is 19.3 Å². The molecule has 0 aromatic heterocycles. The first-order valence-electron chi connectivity index (χ1n) is 5.36. The van der Waals surface area contributed by atoms with Gasteiger partial charge in [0.05, 0.1) is 0 Å². The standard InChI is InChI=1S/C12H22O/c1-4-6-7-8-9-10-11(3)12(13)5-2/h4,11H,1,5-10H2,2-3H3. The largest absolute Gasteiger partial charge is 0.299 e. The van der Waals surface area contributed by atoms with Gasteiger partial charge < -0.3 is 0 Å². The summed E-state index contributed by atoms with van der Waals surface area (Å²) in [5.41, 5.74) is 0. The molecular formula is C12H22O. The molecule has 0 aliphatic heterocycles. The topological polar surface area (TPSA) is 17.1 Å². The van der Waals surface area contributed by atoms with E-state index in [2.05, 4.69) is 6.58 Å². The van der Waals surface area contributed by atoms with Crippen molar-refractivity contribution in [3.63, 3.8) is 0 Å². The third-order valence-corrected chi connectivity index (χ3v) is 2.44. The average molecular weight is 182 g/mol. The number of hydrogen-bond acceptors (Lipinski definition) is 1. The zero-order valence-electron chi connectivity index (χ0n) is 9.01. The van der Waals surface area contributed by atoms with E-state index >= 15 is 0 Å². The van der Waals surface area contributed by atoms with E-state index in [1.54, 1.807) is 0 Å². The van der Waals surface area contributed by atoms with E-state index in [1.165, 1.54) is 19.3 Å². The van der Waals surface area contributed by atoms with Crippen molar-refractivity contribution in [3.05, 3.63) is 12.7 Å². The van der Waals surface area contributed by atoms with Crippen molar-refractivity contribution >= 4 is 5.78 Å². The van der Waals surface area contributed by atoms with E-state index in [1.807, 2.05) is 19.9 Å². The Bertz CT molecular complexity index is 149. The van der Waals surface area contributed by atoms with E-state index in [-0.39, 0.29) is 5.92 Å². The van der Waals surface area contributed by atoms with Crippen LogP contribution in [0.2, 0.25) is 0 Å². The molecule has 1 nitrogen and oxygen atoms in total. The van der Waals surface area contributed by atoms with Crippen LogP contribution in [0.4, 0.5) is 0 Å². The molecule has 0 bridgehead atoms. The molecule has 0 spiro atoms. The van der Waals surface area contributed by atoms with Gasteiger partial charge in [0.15, 0.2) is 0 Å². The molecule has 0 aliphatic rings. The van der Waals surface area contributed by atoms with Crippen LogP contribution in [0.15, 0.2) is 12.7 Å². The summed E-state index contributed by atoms with van der Waals surface area (Å²) in [4.78, 5) is 11.2. The first-order valence-corrected chi connectivity index (χ1v) is 5.36. The first kappa shape index (κ1) is 12.4. The minimum absolute atomic E-state index is 0.272. The molecule has 1 unspecified atom stereocenters. The zero-order chi connectivity index (χ0) is 10.1. The Labute approximate surface area is 82.2 Å². The molecule has 13 heavy (non-hydrogen) atoms. The highest BCUT2D eigenvalue weighted by Crippen LogP contribution is 2.12. The van der Waals surface area contributed by atoms with Crippen molar-refractivity contribution in [2.45, 2.75) is 52.4 Å². The second-order valence-electron chi connectivity index (χ2n) is 3.65. The van der Waals surface area contributed by atoms with E-state index < -0.39 is 0 Å². The van der Waals surface area contributed by atoms with Crippen LogP contribution < -0.4 is 0 Å². The SMILES string of the molecule is C=CCCCCCC(C)C(=O)CC. The van der Waals surface area contributed by atoms with Crippen molar-refractivity contribution in [2.24, 2.45) is 5.92 Å². The van der Waals surface area contributed by atoms with Gasteiger partial charge in [0, 0.05) is 12.3 Å². The molecule has 0 saturated carbocycles. The number of allylic oxidation sites excluding steroid dienone is 1. The van der Waals surface area contributed by atoms with Gasteiger partial charge in [-0.2, -0.15) is 0 Å². The Morgan fingerprint density at radius 3 is 2.62 bits per heavy atom. The highest BCUT2D eigenvalue weighted by atomic mass is 16.1. The number of hydrogen-bond donors (Lipinski definition) is 0. The molecule has 0 N–H and O–H groups in total. The van der Waals surface area contributed by atoms with E-state index in [9.17, 15) is 4.79 Å². The van der Waals surface area contributed by atoms with Gasteiger partial charge in [-0.25, -0.2) is 0 Å². The Morgan fingerprint density at radius 1 is 1.38 bits per heavy atom. The Hall–Kier alpha value is -0.590. The van der Waals surface area contributed by atoms with Crippen LogP contribution in [0.3, 0.4) is 0 Å². The summed E-state index contributed by atoms with van der Waals surface area (Å²) < 4.78 is 0. The molecule has 0 amide bonds. The van der Waals surface area contributed by atoms with Gasteiger partial charge in [0.25, 0.3) is 0 Å². The smallest absolute Gasteiger partial charge is 0.135 e. The van der Waals surface area contributed by atoms with E-state index in [0.29, 0.717) is 12.2 Å². The number of rotatable bonds is 8. The Morgan fingerprint density at radius 2 is 2.08 bits per heavy atom. The van der Waals surface area contributed by atoms with Gasteiger partial charge in [-0.1, -0.05) is 32.8 Å². The molecule has 0 aromatic carbocycles. The fourth-order valence-electron chi connectivity index (χ4n) is 1.43. The normalized spacial score (nSPS) is 12.5. The average Bonchev–Trinajstić information content (AvgIpc) is 2.16. The van der Waals surface area contributed by atoms with Gasteiger partial charge in [0.1, 0.15) is 5.78 Å². The number of Topliss-reactive ketones (excluding diaryl/α,β-unsaturated/α-hetero) is 1. The molecule has 0 aliphatic carbocycles. The van der Waals surface area contributed by atoms with Crippen molar-refractivity contribution < 1.29 is 4.79 Å². The van der Waals surface area contributed by atoms with Crippen LogP contribution in [0.25, 0.3) is 0 Å². The number of unbranched alkanes of at least 4 members (excludes halogenated alkanes) is 3. The van der Waals surface area contributed by atoms with Gasteiger partial charge in [-0.3, -0.25) is 4.79 Å². The lowest BCUT2D eigenvalue weighted by Crippen LogP contribution is -2.08. The lowest BCUT2D eigenvalue weighted by Gasteiger charge is -2.07. The summed E-state index contributed by atoms with van der Waals surface area (Å²) in [7, 11) is 0. The van der Waals surface area contributed by atoms with Crippen LogP contribution in [-0.2, 0) is 4.79 Å². The molecule has 0 radical (unpaired) electrons. The molecular weight excluding hydrogens is 160 g/mol. The summed E-state index contributed by atoms with van der Waals surface area (Å²) in [6.45, 7) is 7.66. The highest BCUT2D eigenvalue weighted by molar-refractivity contribution is 5.80. The minimum atomic E-state index is 0.272. The molecule has 1 heteroatoms. The molecule has 1 atom stereocenters. The minimum Gasteiger partial charge on any atom is -0.299 e. The van der Waals surface area contributed by atoms with Crippen LogP contribution in [-0.4, -0.2) is 5.78 Å². The maximum Gasteiger partial charge on any atom is 0.135 e. The molecule has 0 fully saturated rings. The third kappa shape index (κ3) is 6.56. The molecule has 0 heterocycles. The monoisotopic (exact) mass is 182 g/mol. The Balaban J connectivity index is 3.31. The summed E-state index contributed by atoms with van der Waals surface area (Å²) in [6.07, 6.45) is 8.44. The van der Waals surface area contributed by atoms with Crippen LogP contribution >= 0.6 is 0 Å². The first-order chi connectivity index (χ1) is 6.22. The van der Waals surface area contributed by atoms with Crippen molar-refractivity contribution in [3.8, 4) is 0 Å². The van der Waals surface area contributed by atoms with Gasteiger partial charge in [-0.15, -0.1) is 6.58 Å². The Kier molecular flexibility index (Phi) is 7.66. The van der Waals surface area contributed by atoms with Crippen molar-refractivity contribution in [2.75, 3.05) is 0 Å². The number of carbonyl (C=O) groups is 1. The summed E-state index contributed by atoms with van der Waals surface area (Å²) >= 11 is 0. The maximum absolute atomic E-state index is 11.2. The van der Waals surface area contributed by atoms with E-state index in [0.717, 1.165) is 12.8 Å². The van der Waals surface area contributed by atoms with Crippen LogP contribution in [0, 0.1) is 5.92 Å². The predicted octanol–water partition coefficient (Wildman–Crippen LogP) is 3.74. The third-order valence-electron chi connectivity index (χ3n) is 2.44. The second kappa shape index (κ2) is 8.03. The lowest BCUT2D eigenvalue weighted by atomic mass is 9.97. The zero-order valence-corrected chi connectivity index (χ0v) is 9.01. The predicted molar refractivity (Wildman–Crippen MR) is 57.7 cm³/mol. The maximum atomic E-state index is 11.2. The lowest BCUT2D eigenvalue weighted by molar-refractivity contribution is -0.122. The quantitative estimate of drug-likeness (QED) is 0.413.